The highest BCUT2D eigenvalue weighted by Gasteiger charge is 1.43. The van der Waals surface area contributed by atoms with Crippen molar-refractivity contribution < 1.29 is 0 Å². The fourth-order valence-electron chi connectivity index (χ4n) is 0.0333. The van der Waals surface area contributed by atoms with Gasteiger partial charge < -0.3 is 5.84 Å². The molecule has 0 saturated heterocycles. The van der Waals surface area contributed by atoms with Crippen LogP contribution in [0.5, 0.6) is 0 Å². The van der Waals surface area contributed by atoms with Crippen molar-refractivity contribution in [2.75, 3.05) is 0 Å². The molecule has 0 bridgehead atoms. The van der Waals surface area contributed by atoms with Gasteiger partial charge in [0.2, 0.25) is 0 Å². The van der Waals surface area contributed by atoms with E-state index >= 15 is 0 Å². The Bertz CT molecular complexity index is 49.5. The van der Waals surface area contributed by atoms with Crippen molar-refractivity contribution in [1.29, 1.82) is 5.53 Å². The fraction of sp³-hybridized carbons (Fsp3) is 0. The molecule has 0 aliphatic rings. The number of hydrogen-bond acceptors (Lipinski definition) is 3. The van der Waals surface area contributed by atoms with Crippen LogP contribution in [0.2, 0.25) is 0 Å². The second-order valence-electron chi connectivity index (χ2n) is 0.394. The van der Waals surface area contributed by atoms with Gasteiger partial charge in [-0.15, -0.1) is 22.1 Å². The fourth-order valence-corrected chi connectivity index (χ4v) is 0.0333. The normalized spacial score (nSPS) is 7.33. The predicted molar refractivity (Wildman–Crippen MR) is 28.1 cm³/mol. The summed E-state index contributed by atoms with van der Waals surface area (Å²) in [6.07, 6.45) is 0.944. The molecular weight excluding hydrogens is 148 g/mol. The molecule has 0 aromatic carbocycles. The molecule has 0 unspecified atom stereocenters. The van der Waals surface area contributed by atoms with Crippen molar-refractivity contribution in [3.63, 3.8) is 0 Å². The lowest BCUT2D eigenvalue weighted by atomic mass is 11.4. The van der Waals surface area contributed by atoms with Crippen LogP contribution in [0.3, 0.4) is 0 Å². The summed E-state index contributed by atoms with van der Waals surface area (Å²) in [7, 11) is 0. The number of hydrazone groups is 1. The van der Waals surface area contributed by atoms with Crippen LogP contribution in [-0.4, -0.2) is 6.34 Å². The molecule has 36 valence electrons. The molecule has 0 fully saturated rings. The number of halogens is 1. The maximum atomic E-state index is 6.00. The summed E-state index contributed by atoms with van der Waals surface area (Å²) in [5, 5.41) is 5.56. The molecule has 0 heterocycles. The lowest BCUT2D eigenvalue weighted by Gasteiger charge is -1.58. The van der Waals surface area contributed by atoms with Crippen molar-refractivity contribution in [3.05, 3.63) is 0 Å². The van der Waals surface area contributed by atoms with E-state index in [0.29, 0.717) is 0 Å². The smallest absolute Gasteiger partial charge is 0.156 e. The first kappa shape index (κ1) is 9.12. The second-order valence-corrected chi connectivity index (χ2v) is 0.394. The zero-order valence-corrected chi connectivity index (χ0v) is 4.67. The monoisotopic (exact) mass is 152 g/mol. The third-order valence-corrected chi connectivity index (χ3v) is 0.124. The van der Waals surface area contributed by atoms with Crippen LogP contribution in [0.1, 0.15) is 0 Å². The Balaban J connectivity index is 0. The molecule has 0 aromatic rings. The Morgan fingerprint density at radius 2 is 2.17 bits per heavy atom. The van der Waals surface area contributed by atoms with E-state index in [-0.39, 0.29) is 17.0 Å². The van der Waals surface area contributed by atoms with Crippen LogP contribution in [0.4, 0.5) is 0 Å². The average molecular weight is 153 g/mol. The average Bonchev–Trinajstić information content (AvgIpc) is 1.41. The van der Waals surface area contributed by atoms with Gasteiger partial charge in [0.15, 0.2) is 6.34 Å². The largest absolute Gasteiger partial charge is 0.322 e. The van der Waals surface area contributed by atoms with Gasteiger partial charge in [0.1, 0.15) is 0 Å². The summed E-state index contributed by atoms with van der Waals surface area (Å²) in [6, 6.07) is 0. The Labute approximate surface area is 45.7 Å². The van der Waals surface area contributed by atoms with Gasteiger partial charge in [-0.05, 0) is 0 Å². The molecular formula is CH5BrN4. The van der Waals surface area contributed by atoms with Crippen LogP contribution in [-0.2, 0) is 0 Å². The number of nitrogens with one attached hydrogen (secondary N) is 1. The molecule has 0 aromatic heterocycles. The van der Waals surface area contributed by atoms with Crippen LogP contribution in [0.25, 0.3) is 0 Å². The van der Waals surface area contributed by atoms with Crippen molar-refractivity contribution in [3.8, 4) is 0 Å². The van der Waals surface area contributed by atoms with Gasteiger partial charge in [-0.25, -0.2) is 5.53 Å². The third kappa shape index (κ3) is 9.61. The first-order chi connectivity index (χ1) is 2.41. The Morgan fingerprint density at radius 1 is 1.67 bits per heavy atom. The van der Waals surface area contributed by atoms with Gasteiger partial charge in [0, 0.05) is 0 Å². The van der Waals surface area contributed by atoms with Gasteiger partial charge in [-0.1, -0.05) is 0 Å². The van der Waals surface area contributed by atoms with Crippen molar-refractivity contribution in [1.82, 2.24) is 0 Å². The Kier molecular flexibility index (Phi) is 13.4. The SMILES string of the molecule is Br.N=N/C=N/N. The Hall–Kier alpha value is -0.450. The van der Waals surface area contributed by atoms with Gasteiger partial charge in [0.05, 0.1) is 0 Å². The maximum absolute atomic E-state index is 6.00. The topological polar surface area (TPSA) is 74.6 Å². The molecule has 0 aliphatic carbocycles. The van der Waals surface area contributed by atoms with E-state index in [1.165, 1.54) is 0 Å². The summed E-state index contributed by atoms with van der Waals surface area (Å²) < 4.78 is 0. The van der Waals surface area contributed by atoms with Crippen LogP contribution < -0.4 is 5.84 Å². The van der Waals surface area contributed by atoms with E-state index in [0.717, 1.165) is 6.34 Å². The molecule has 5 heteroatoms. The van der Waals surface area contributed by atoms with Gasteiger partial charge in [-0.2, -0.15) is 5.10 Å². The molecule has 0 saturated carbocycles. The minimum atomic E-state index is 0. The first-order valence-electron chi connectivity index (χ1n) is 0.998. The quantitative estimate of drug-likeness (QED) is 0.186. The highest BCUT2D eigenvalue weighted by Crippen LogP contribution is 1.44. The molecule has 0 rings (SSSR count). The summed E-state index contributed by atoms with van der Waals surface area (Å²) in [5.74, 6) is 4.49. The third-order valence-electron chi connectivity index (χ3n) is 0.124. The molecule has 0 amide bonds. The van der Waals surface area contributed by atoms with Crippen LogP contribution >= 0.6 is 17.0 Å². The lowest BCUT2D eigenvalue weighted by Crippen LogP contribution is -1.75. The van der Waals surface area contributed by atoms with E-state index in [9.17, 15) is 0 Å². The number of nitrogens with zero attached hydrogens (tertiary/aromatic N) is 2. The van der Waals surface area contributed by atoms with Crippen LogP contribution in [0, 0.1) is 5.53 Å². The highest BCUT2D eigenvalue weighted by atomic mass is 79.9. The van der Waals surface area contributed by atoms with E-state index in [4.69, 9.17) is 5.53 Å². The van der Waals surface area contributed by atoms with E-state index in [1.54, 1.807) is 0 Å². The first-order valence-corrected chi connectivity index (χ1v) is 0.998. The number of rotatable bonds is 1. The summed E-state index contributed by atoms with van der Waals surface area (Å²) in [5.41, 5.74) is 6.00. The summed E-state index contributed by atoms with van der Waals surface area (Å²) >= 11 is 0. The standard InChI is InChI=1S/CH4N4.BrH/c2-4-1-5-3;/h1-2H,3H2;1H/b4-2?,5-1+;. The molecule has 0 atom stereocenters. The molecule has 0 radical (unpaired) electrons. The zero-order valence-electron chi connectivity index (χ0n) is 2.96. The second kappa shape index (κ2) is 8.82. The zero-order chi connectivity index (χ0) is 4.12. The van der Waals surface area contributed by atoms with Crippen molar-refractivity contribution in [2.24, 2.45) is 16.1 Å². The van der Waals surface area contributed by atoms with Crippen molar-refractivity contribution in [2.45, 2.75) is 0 Å². The van der Waals surface area contributed by atoms with E-state index in [2.05, 4.69) is 16.1 Å². The maximum Gasteiger partial charge on any atom is 0.156 e. The molecule has 3 N–H and O–H groups in total. The Morgan fingerprint density at radius 3 is 2.17 bits per heavy atom. The lowest BCUT2D eigenvalue weighted by molar-refractivity contribution is 1.17. The summed E-state index contributed by atoms with van der Waals surface area (Å²) in [4.78, 5) is 0. The van der Waals surface area contributed by atoms with Crippen LogP contribution in [0.15, 0.2) is 10.2 Å². The van der Waals surface area contributed by atoms with Gasteiger partial charge in [-0.3, -0.25) is 0 Å². The molecule has 4 nitrogen and oxygen atoms in total. The highest BCUT2D eigenvalue weighted by molar-refractivity contribution is 8.93. The molecule has 0 spiro atoms. The van der Waals surface area contributed by atoms with Crippen molar-refractivity contribution >= 4 is 23.3 Å². The summed E-state index contributed by atoms with van der Waals surface area (Å²) in [6.45, 7) is 0. The minimum Gasteiger partial charge on any atom is -0.322 e. The van der Waals surface area contributed by atoms with E-state index < -0.39 is 0 Å². The molecule has 6 heavy (non-hydrogen) atoms. The van der Waals surface area contributed by atoms with Gasteiger partial charge >= 0.3 is 0 Å². The molecule has 0 aliphatic heterocycles. The predicted octanol–water partition coefficient (Wildman–Crippen LogP) is 0.497. The minimum absolute atomic E-state index is 0. The van der Waals surface area contributed by atoms with Gasteiger partial charge in [0.25, 0.3) is 0 Å². The van der Waals surface area contributed by atoms with E-state index in [1.807, 2.05) is 0 Å². The number of hydrogen-bond donors (Lipinski definition) is 2. The number of nitrogens with two attached hydrogens (primary N) is 1.